The number of hydrogen-bond acceptors (Lipinski definition) is 5. The number of hydrogen-bond donors (Lipinski definition) is 1. The topological polar surface area (TPSA) is 68.3 Å². The lowest BCUT2D eigenvalue weighted by atomic mass is 9.99. The van der Waals surface area contributed by atoms with E-state index in [-0.39, 0.29) is 5.75 Å². The van der Waals surface area contributed by atoms with E-state index in [0.717, 1.165) is 44.0 Å². The average Bonchev–Trinajstić information content (AvgIpc) is 2.40. The first-order chi connectivity index (χ1) is 9.53. The fourth-order valence-corrected chi connectivity index (χ4v) is 3.13. The molecule has 6 heteroatoms. The average molecular weight is 298 g/mol. The molecule has 0 unspecified atom stereocenters. The monoisotopic (exact) mass is 298 g/mol. The number of rotatable bonds is 6. The summed E-state index contributed by atoms with van der Waals surface area (Å²) in [6, 6.07) is 3.64. The van der Waals surface area contributed by atoms with E-state index in [2.05, 4.69) is 10.3 Å². The van der Waals surface area contributed by atoms with Crippen molar-refractivity contribution < 1.29 is 13.2 Å². The van der Waals surface area contributed by atoms with Gasteiger partial charge in [0.2, 0.25) is 0 Å². The molecule has 0 aromatic carbocycles. The molecule has 1 N–H and O–H groups in total. The van der Waals surface area contributed by atoms with Gasteiger partial charge in [0.15, 0.2) is 9.84 Å². The summed E-state index contributed by atoms with van der Waals surface area (Å²) in [4.78, 5) is 4.24. The predicted octanol–water partition coefficient (Wildman–Crippen LogP) is 1.85. The minimum absolute atomic E-state index is 0.0414. The third kappa shape index (κ3) is 5.46. The smallest absolute Gasteiger partial charge is 0.151 e. The highest BCUT2D eigenvalue weighted by molar-refractivity contribution is 7.89. The Bertz CT molecular complexity index is 508. The van der Waals surface area contributed by atoms with Gasteiger partial charge in [-0.25, -0.2) is 13.4 Å². The van der Waals surface area contributed by atoms with Gasteiger partial charge in [-0.2, -0.15) is 0 Å². The van der Waals surface area contributed by atoms with Gasteiger partial charge in [-0.1, -0.05) is 6.07 Å². The minimum Gasteiger partial charge on any atom is -0.381 e. The van der Waals surface area contributed by atoms with Crippen LogP contribution in [-0.2, 0) is 20.3 Å². The molecule has 0 spiro atoms. The molecule has 2 heterocycles. The van der Waals surface area contributed by atoms with Gasteiger partial charge in [0.05, 0.1) is 5.75 Å². The summed E-state index contributed by atoms with van der Waals surface area (Å²) in [7, 11) is -3.00. The van der Waals surface area contributed by atoms with E-state index in [9.17, 15) is 8.42 Å². The largest absolute Gasteiger partial charge is 0.381 e. The minimum atomic E-state index is -3.00. The van der Waals surface area contributed by atoms with Crippen molar-refractivity contribution in [3.05, 3.63) is 23.9 Å². The van der Waals surface area contributed by atoms with Crippen LogP contribution in [0.2, 0.25) is 0 Å². The van der Waals surface area contributed by atoms with Crippen LogP contribution in [0.5, 0.6) is 0 Å². The third-order valence-electron chi connectivity index (χ3n) is 3.37. The van der Waals surface area contributed by atoms with Crippen LogP contribution in [0, 0.1) is 5.92 Å². The van der Waals surface area contributed by atoms with E-state index in [4.69, 9.17) is 4.74 Å². The van der Waals surface area contributed by atoms with Crippen LogP contribution in [0.1, 0.15) is 24.8 Å². The molecule has 5 nitrogen and oxygen atoms in total. The summed E-state index contributed by atoms with van der Waals surface area (Å²) >= 11 is 0. The summed E-state index contributed by atoms with van der Waals surface area (Å²) in [5.74, 6) is 1.47. The second-order valence-electron chi connectivity index (χ2n) is 5.42. The number of aromatic nitrogens is 1. The summed E-state index contributed by atoms with van der Waals surface area (Å²) in [5, 5.41) is 3.27. The second-order valence-corrected chi connectivity index (χ2v) is 7.56. The maximum atomic E-state index is 11.2. The normalized spacial score (nSPS) is 19.8. The Morgan fingerprint density at radius 2 is 2.30 bits per heavy atom. The first-order valence-corrected chi connectivity index (χ1v) is 9.03. The van der Waals surface area contributed by atoms with Gasteiger partial charge in [0.25, 0.3) is 0 Å². The summed E-state index contributed by atoms with van der Waals surface area (Å²) < 4.78 is 27.8. The highest BCUT2D eigenvalue weighted by Crippen LogP contribution is 2.17. The van der Waals surface area contributed by atoms with Gasteiger partial charge >= 0.3 is 0 Å². The number of anilines is 1. The molecule has 0 radical (unpaired) electrons. The van der Waals surface area contributed by atoms with E-state index in [0.29, 0.717) is 5.92 Å². The predicted molar refractivity (Wildman–Crippen MR) is 79.4 cm³/mol. The molecule has 1 aromatic rings. The van der Waals surface area contributed by atoms with Gasteiger partial charge in [-0.05, 0) is 36.8 Å². The molecule has 1 fully saturated rings. The van der Waals surface area contributed by atoms with Crippen molar-refractivity contribution >= 4 is 15.7 Å². The Morgan fingerprint density at radius 3 is 2.90 bits per heavy atom. The first-order valence-electron chi connectivity index (χ1n) is 6.97. The molecule has 20 heavy (non-hydrogen) atoms. The summed E-state index contributed by atoms with van der Waals surface area (Å²) in [6.45, 7) is 2.63. The van der Waals surface area contributed by atoms with Crippen molar-refractivity contribution in [1.29, 1.82) is 0 Å². The van der Waals surface area contributed by atoms with Gasteiger partial charge in [0, 0.05) is 32.2 Å². The molecule has 0 saturated carbocycles. The van der Waals surface area contributed by atoms with E-state index >= 15 is 0 Å². The Morgan fingerprint density at radius 1 is 1.45 bits per heavy atom. The lowest BCUT2D eigenvalue weighted by molar-refractivity contribution is 0.0530. The van der Waals surface area contributed by atoms with Crippen LogP contribution >= 0.6 is 0 Å². The highest BCUT2D eigenvalue weighted by atomic mass is 32.2. The Labute approximate surface area is 120 Å². The van der Waals surface area contributed by atoms with Crippen LogP contribution in [0.15, 0.2) is 18.3 Å². The molecule has 112 valence electrons. The fourth-order valence-electron chi connectivity index (χ4n) is 2.36. The molecule has 2 rings (SSSR count). The SMILES string of the molecule is CS(=O)(=O)Cc1ccc(NCC[C@H]2CCCOC2)nc1. The van der Waals surface area contributed by atoms with Gasteiger partial charge in [0.1, 0.15) is 5.82 Å². The van der Waals surface area contributed by atoms with Crippen LogP contribution < -0.4 is 5.32 Å². The van der Waals surface area contributed by atoms with Crippen LogP contribution in [0.4, 0.5) is 5.82 Å². The second kappa shape index (κ2) is 7.04. The fraction of sp³-hybridized carbons (Fsp3) is 0.643. The zero-order valence-electron chi connectivity index (χ0n) is 11.8. The number of sulfone groups is 1. The van der Waals surface area contributed by atoms with Crippen molar-refractivity contribution in [3.63, 3.8) is 0 Å². The Hall–Kier alpha value is -1.14. The van der Waals surface area contributed by atoms with E-state index in [1.807, 2.05) is 6.07 Å². The first kappa shape index (κ1) is 15.3. The molecule has 1 aromatic heterocycles. The van der Waals surface area contributed by atoms with Crippen LogP contribution in [-0.4, -0.2) is 39.4 Å². The van der Waals surface area contributed by atoms with E-state index < -0.39 is 9.84 Å². The third-order valence-corrected chi connectivity index (χ3v) is 4.22. The molecular formula is C14H22N2O3S. The number of ether oxygens (including phenoxy) is 1. The molecule has 0 amide bonds. The van der Waals surface area contributed by atoms with Crippen molar-refractivity contribution in [3.8, 4) is 0 Å². The lowest BCUT2D eigenvalue weighted by Crippen LogP contribution is -2.20. The van der Waals surface area contributed by atoms with E-state index in [1.165, 1.54) is 12.7 Å². The lowest BCUT2D eigenvalue weighted by Gasteiger charge is -2.22. The maximum Gasteiger partial charge on any atom is 0.151 e. The van der Waals surface area contributed by atoms with Gasteiger partial charge in [-0.15, -0.1) is 0 Å². The standard InChI is InChI=1S/C14H22N2O3S/c1-20(17,18)11-13-4-5-14(16-9-13)15-7-6-12-3-2-8-19-10-12/h4-5,9,12H,2-3,6-8,10-11H2,1H3,(H,15,16)/t12-/m1/s1. The molecule has 1 saturated heterocycles. The van der Waals surface area contributed by atoms with Crippen molar-refractivity contribution in [2.24, 2.45) is 5.92 Å². The van der Waals surface area contributed by atoms with Crippen molar-refractivity contribution in [1.82, 2.24) is 4.98 Å². The molecular weight excluding hydrogens is 276 g/mol. The molecule has 1 aliphatic heterocycles. The number of pyridine rings is 1. The van der Waals surface area contributed by atoms with Gasteiger partial charge in [-0.3, -0.25) is 0 Å². The Kier molecular flexibility index (Phi) is 5.37. The van der Waals surface area contributed by atoms with E-state index in [1.54, 1.807) is 12.3 Å². The highest BCUT2D eigenvalue weighted by Gasteiger charge is 2.13. The zero-order valence-corrected chi connectivity index (χ0v) is 12.7. The van der Waals surface area contributed by atoms with Crippen LogP contribution in [0.3, 0.4) is 0 Å². The maximum absolute atomic E-state index is 11.2. The van der Waals surface area contributed by atoms with Crippen molar-refractivity contribution in [2.45, 2.75) is 25.0 Å². The molecule has 0 bridgehead atoms. The quantitative estimate of drug-likeness (QED) is 0.868. The number of nitrogens with one attached hydrogen (secondary N) is 1. The molecule has 1 atom stereocenters. The number of nitrogens with zero attached hydrogens (tertiary/aromatic N) is 1. The van der Waals surface area contributed by atoms with Crippen LogP contribution in [0.25, 0.3) is 0 Å². The van der Waals surface area contributed by atoms with Crippen molar-refractivity contribution in [2.75, 3.05) is 31.3 Å². The molecule has 0 aliphatic carbocycles. The summed E-state index contributed by atoms with van der Waals surface area (Å²) in [5.41, 5.74) is 0.721. The molecule has 1 aliphatic rings. The zero-order chi connectivity index (χ0) is 14.4. The summed E-state index contributed by atoms with van der Waals surface area (Å²) in [6.07, 6.45) is 6.32. The van der Waals surface area contributed by atoms with Gasteiger partial charge < -0.3 is 10.1 Å². The Balaban J connectivity index is 1.76.